The molecule has 0 aliphatic carbocycles. The average Bonchev–Trinajstić information content (AvgIpc) is 2.20. The van der Waals surface area contributed by atoms with Gasteiger partial charge < -0.3 is 10.9 Å². The molecule has 0 atom stereocenters. The highest BCUT2D eigenvalue weighted by molar-refractivity contribution is 4.65. The first-order chi connectivity index (χ1) is 7.10. The Bertz CT molecular complexity index is 141. The molecule has 0 saturated heterocycles. The number of rotatable bonds is 5. The number of hydroxylamine groups is 3. The van der Waals surface area contributed by atoms with Crippen LogP contribution in [-0.4, -0.2) is 40.5 Å². The lowest BCUT2D eigenvalue weighted by Gasteiger charge is -1.96. The second-order valence-corrected chi connectivity index (χ2v) is 2.02. The van der Waals surface area contributed by atoms with Crippen molar-refractivity contribution in [2.24, 2.45) is 5.73 Å². The van der Waals surface area contributed by atoms with E-state index in [2.05, 4.69) is 19.7 Å². The number of nitrogens with two attached hydrogens (primary N) is 1. The topological polar surface area (TPSA) is 102 Å². The minimum Gasteiger partial charge on any atom is -0.327 e. The van der Waals surface area contributed by atoms with E-state index in [0.29, 0.717) is 13.1 Å². The highest BCUT2D eigenvalue weighted by atomic mass is 16.8. The minimum atomic E-state index is 0.0625. The summed E-state index contributed by atoms with van der Waals surface area (Å²) in [6.07, 6.45) is 4.60. The zero-order valence-corrected chi connectivity index (χ0v) is 8.84. The van der Waals surface area contributed by atoms with Gasteiger partial charge in [-0.15, -0.1) is 19.7 Å². The maximum absolute atomic E-state index is 7.87. The SMILES string of the molecule is C=CCN.C=CCN(O)O.C=CCNO. The Hall–Kier alpha value is -1.02. The molecule has 15 heavy (non-hydrogen) atoms. The van der Waals surface area contributed by atoms with Crippen molar-refractivity contribution in [1.82, 2.24) is 10.7 Å². The van der Waals surface area contributed by atoms with Crippen LogP contribution in [0, 0.1) is 0 Å². The molecule has 0 spiro atoms. The molecular formula is C9H21N3O3. The predicted molar refractivity (Wildman–Crippen MR) is 59.7 cm³/mol. The highest BCUT2D eigenvalue weighted by Crippen LogP contribution is 1.67. The number of hydrogen-bond acceptors (Lipinski definition) is 6. The summed E-state index contributed by atoms with van der Waals surface area (Å²) in [5, 5.41) is 23.5. The second-order valence-electron chi connectivity index (χ2n) is 2.02. The van der Waals surface area contributed by atoms with Crippen molar-refractivity contribution in [3.63, 3.8) is 0 Å². The molecule has 0 aromatic heterocycles. The van der Waals surface area contributed by atoms with E-state index < -0.39 is 0 Å². The predicted octanol–water partition coefficient (Wildman–Crippen LogP) is 0.535. The zero-order valence-electron chi connectivity index (χ0n) is 8.84. The minimum absolute atomic E-state index is 0.0625. The molecule has 0 radical (unpaired) electrons. The fraction of sp³-hybridized carbons (Fsp3) is 0.333. The Kier molecular flexibility index (Phi) is 30.1. The van der Waals surface area contributed by atoms with Crippen molar-refractivity contribution in [3.05, 3.63) is 38.0 Å². The van der Waals surface area contributed by atoms with Gasteiger partial charge in [0.25, 0.3) is 0 Å². The van der Waals surface area contributed by atoms with Crippen LogP contribution < -0.4 is 11.2 Å². The summed E-state index contributed by atoms with van der Waals surface area (Å²) >= 11 is 0. The van der Waals surface area contributed by atoms with Gasteiger partial charge in [-0.25, -0.2) is 5.48 Å². The molecular weight excluding hydrogens is 198 g/mol. The van der Waals surface area contributed by atoms with E-state index >= 15 is 0 Å². The summed E-state index contributed by atoms with van der Waals surface area (Å²) in [6, 6.07) is 0. The van der Waals surface area contributed by atoms with E-state index in [1.807, 2.05) is 5.48 Å². The summed E-state index contributed by atoms with van der Waals surface area (Å²) in [6.45, 7) is 11.0. The van der Waals surface area contributed by atoms with Gasteiger partial charge in [0, 0.05) is 13.1 Å². The normalized spacial score (nSPS) is 7.80. The van der Waals surface area contributed by atoms with Crippen LogP contribution in [0.3, 0.4) is 0 Å². The lowest BCUT2D eigenvalue weighted by Crippen LogP contribution is -2.11. The van der Waals surface area contributed by atoms with Gasteiger partial charge in [-0.2, -0.15) is 0 Å². The number of hydrogen-bond donors (Lipinski definition) is 5. The van der Waals surface area contributed by atoms with Crippen molar-refractivity contribution < 1.29 is 15.6 Å². The van der Waals surface area contributed by atoms with Crippen molar-refractivity contribution in [1.29, 1.82) is 0 Å². The molecule has 0 rings (SSSR count). The standard InChI is InChI=1S/C3H7NO2.C3H7NO.C3H7N/c1-2-3-4(5)6;1-2-3-4-5;1-2-3-4/h2,5-6H,1,3H2;2,4-5H,1,3H2;2H,1,3-4H2. The molecule has 0 aromatic rings. The Morgan fingerprint density at radius 2 is 1.60 bits per heavy atom. The molecule has 0 bridgehead atoms. The van der Waals surface area contributed by atoms with Gasteiger partial charge >= 0.3 is 0 Å². The van der Waals surface area contributed by atoms with E-state index in [-0.39, 0.29) is 11.8 Å². The monoisotopic (exact) mass is 219 g/mol. The molecule has 0 unspecified atom stereocenters. The summed E-state index contributed by atoms with van der Waals surface area (Å²) in [7, 11) is 0. The summed E-state index contributed by atoms with van der Waals surface area (Å²) < 4.78 is 0. The average molecular weight is 219 g/mol. The smallest absolute Gasteiger partial charge is 0.0691 e. The first kappa shape index (κ1) is 19.5. The Morgan fingerprint density at radius 1 is 1.13 bits per heavy atom. The van der Waals surface area contributed by atoms with Gasteiger partial charge in [0.05, 0.1) is 6.54 Å². The van der Waals surface area contributed by atoms with E-state index in [9.17, 15) is 0 Å². The van der Waals surface area contributed by atoms with E-state index in [0.717, 1.165) is 0 Å². The fourth-order valence-electron chi connectivity index (χ4n) is 0.180. The van der Waals surface area contributed by atoms with E-state index in [1.54, 1.807) is 12.2 Å². The zero-order chi connectivity index (χ0) is 12.5. The van der Waals surface area contributed by atoms with Crippen LogP contribution in [0.5, 0.6) is 0 Å². The molecule has 6 N–H and O–H groups in total. The summed E-state index contributed by atoms with van der Waals surface area (Å²) in [4.78, 5) is 0. The Morgan fingerprint density at radius 3 is 1.60 bits per heavy atom. The largest absolute Gasteiger partial charge is 0.327 e. The molecule has 6 heteroatoms. The van der Waals surface area contributed by atoms with Gasteiger partial charge in [0.1, 0.15) is 0 Å². The van der Waals surface area contributed by atoms with Crippen molar-refractivity contribution in [2.75, 3.05) is 19.6 Å². The highest BCUT2D eigenvalue weighted by Gasteiger charge is 1.80. The maximum Gasteiger partial charge on any atom is 0.0691 e. The lowest BCUT2D eigenvalue weighted by atomic mass is 10.7. The summed E-state index contributed by atoms with van der Waals surface area (Å²) in [5.41, 5.74) is 6.81. The van der Waals surface area contributed by atoms with Crippen LogP contribution in [0.4, 0.5) is 0 Å². The first-order valence-electron chi connectivity index (χ1n) is 4.15. The van der Waals surface area contributed by atoms with E-state index in [1.165, 1.54) is 6.08 Å². The van der Waals surface area contributed by atoms with Crippen molar-refractivity contribution in [3.8, 4) is 0 Å². The molecule has 0 saturated carbocycles. The van der Waals surface area contributed by atoms with Gasteiger partial charge in [0.2, 0.25) is 0 Å². The number of nitrogens with one attached hydrogen (secondary N) is 1. The summed E-state index contributed by atoms with van der Waals surface area (Å²) in [5.74, 6) is 0. The van der Waals surface area contributed by atoms with Crippen LogP contribution in [-0.2, 0) is 0 Å². The third-order valence-corrected chi connectivity index (χ3v) is 0.695. The second kappa shape index (κ2) is 23.1. The van der Waals surface area contributed by atoms with Crippen molar-refractivity contribution in [2.45, 2.75) is 0 Å². The van der Waals surface area contributed by atoms with Gasteiger partial charge in [-0.3, -0.25) is 10.4 Å². The van der Waals surface area contributed by atoms with E-state index in [4.69, 9.17) is 21.4 Å². The van der Waals surface area contributed by atoms with Crippen LogP contribution in [0.2, 0.25) is 0 Å². The molecule has 0 aliphatic heterocycles. The van der Waals surface area contributed by atoms with Gasteiger partial charge in [-0.05, 0) is 0 Å². The first-order valence-corrected chi connectivity index (χ1v) is 4.15. The molecule has 6 nitrogen and oxygen atoms in total. The maximum atomic E-state index is 7.87. The molecule has 0 aromatic carbocycles. The molecule has 0 fully saturated rings. The van der Waals surface area contributed by atoms with Crippen molar-refractivity contribution >= 4 is 0 Å². The molecule has 0 aliphatic rings. The molecule has 0 heterocycles. The number of nitrogens with zero attached hydrogens (tertiary/aromatic N) is 1. The van der Waals surface area contributed by atoms with Crippen LogP contribution in [0.1, 0.15) is 0 Å². The third kappa shape index (κ3) is 63.1. The Labute approximate surface area is 90.5 Å². The van der Waals surface area contributed by atoms with Crippen LogP contribution in [0.15, 0.2) is 38.0 Å². The van der Waals surface area contributed by atoms with Gasteiger partial charge in [-0.1, -0.05) is 23.5 Å². The van der Waals surface area contributed by atoms with Crippen LogP contribution in [0.25, 0.3) is 0 Å². The third-order valence-electron chi connectivity index (χ3n) is 0.695. The molecule has 90 valence electrons. The quantitative estimate of drug-likeness (QED) is 0.341. The fourth-order valence-corrected chi connectivity index (χ4v) is 0.180. The Balaban J connectivity index is -0.000000147. The molecule has 0 amide bonds. The lowest BCUT2D eigenvalue weighted by molar-refractivity contribution is -0.299. The van der Waals surface area contributed by atoms with Crippen LogP contribution >= 0.6 is 0 Å². The van der Waals surface area contributed by atoms with Gasteiger partial charge in [0.15, 0.2) is 0 Å².